The largest absolute Gasteiger partial charge is 0.481 e. The number of Topliss-reactive ketones (excluding diaryl/α,β-unsaturated/α-hetero) is 2. The maximum absolute atomic E-state index is 12.4. The minimum Gasteiger partial charge on any atom is -0.481 e. The van der Waals surface area contributed by atoms with Crippen LogP contribution in [-0.2, 0) is 19.2 Å². The van der Waals surface area contributed by atoms with Crippen LogP contribution in [0.5, 0.6) is 0 Å². The van der Waals surface area contributed by atoms with Crippen LogP contribution in [0.15, 0.2) is 0 Å². The number of carbonyl (C=O) groups is 4. The smallest absolute Gasteiger partial charge is 0.303 e. The zero-order valence-electron chi connectivity index (χ0n) is 13.7. The Kier molecular flexibility index (Phi) is 6.83. The number of amides is 1. The highest BCUT2D eigenvalue weighted by atomic mass is 16.4. The molecule has 0 aliphatic carbocycles. The lowest BCUT2D eigenvalue weighted by Crippen LogP contribution is -2.51. The first-order valence-electron chi connectivity index (χ1n) is 7.69. The Balaban J connectivity index is 2.79. The van der Waals surface area contributed by atoms with Crippen molar-refractivity contribution in [2.45, 2.75) is 51.2 Å². The molecule has 1 rings (SSSR count). The fraction of sp³-hybridized carbons (Fsp3) is 0.733. The summed E-state index contributed by atoms with van der Waals surface area (Å²) in [4.78, 5) is 48.4. The molecule has 1 unspecified atom stereocenters. The van der Waals surface area contributed by atoms with E-state index in [-0.39, 0.29) is 37.1 Å². The van der Waals surface area contributed by atoms with Crippen molar-refractivity contribution in [1.29, 1.82) is 0 Å². The van der Waals surface area contributed by atoms with Gasteiger partial charge >= 0.3 is 5.97 Å². The molecule has 0 aromatic heterocycles. The SMILES string of the molecule is CC(C)[C@H](N)C(=O)C(=O)[C@H](CCC(=O)O)NC1CC(=O)N(C)C1. The summed E-state index contributed by atoms with van der Waals surface area (Å²) in [5.41, 5.74) is 5.73. The van der Waals surface area contributed by atoms with Crippen LogP contribution in [0, 0.1) is 5.92 Å². The molecule has 0 aromatic rings. The van der Waals surface area contributed by atoms with E-state index >= 15 is 0 Å². The third kappa shape index (κ3) is 5.40. The second kappa shape index (κ2) is 8.16. The third-order valence-corrected chi connectivity index (χ3v) is 4.01. The van der Waals surface area contributed by atoms with Crippen LogP contribution in [-0.4, -0.2) is 65.2 Å². The quantitative estimate of drug-likeness (QED) is 0.471. The van der Waals surface area contributed by atoms with E-state index < -0.39 is 29.6 Å². The monoisotopic (exact) mass is 327 g/mol. The van der Waals surface area contributed by atoms with Crippen LogP contribution >= 0.6 is 0 Å². The van der Waals surface area contributed by atoms with Crippen molar-refractivity contribution in [2.75, 3.05) is 13.6 Å². The molecular weight excluding hydrogens is 302 g/mol. The first-order valence-corrected chi connectivity index (χ1v) is 7.69. The molecule has 1 fully saturated rings. The fourth-order valence-corrected chi connectivity index (χ4v) is 2.46. The van der Waals surface area contributed by atoms with E-state index in [1.165, 1.54) is 4.90 Å². The summed E-state index contributed by atoms with van der Waals surface area (Å²) in [6.07, 6.45) is -0.0407. The van der Waals surface area contributed by atoms with Gasteiger partial charge < -0.3 is 21.1 Å². The maximum Gasteiger partial charge on any atom is 0.303 e. The van der Waals surface area contributed by atoms with Crippen molar-refractivity contribution in [1.82, 2.24) is 10.2 Å². The van der Waals surface area contributed by atoms with Crippen LogP contribution in [0.1, 0.15) is 33.1 Å². The minimum atomic E-state index is -1.05. The molecule has 8 nitrogen and oxygen atoms in total. The number of nitrogens with two attached hydrogens (primary N) is 1. The summed E-state index contributed by atoms with van der Waals surface area (Å²) in [5.74, 6) is -2.72. The Labute approximate surface area is 135 Å². The molecule has 0 spiro atoms. The van der Waals surface area contributed by atoms with Gasteiger partial charge in [-0.1, -0.05) is 13.8 Å². The topological polar surface area (TPSA) is 130 Å². The number of carboxylic acid groups (broad SMARTS) is 1. The molecule has 0 aromatic carbocycles. The van der Waals surface area contributed by atoms with Gasteiger partial charge in [0.2, 0.25) is 17.5 Å². The predicted octanol–water partition coefficient (Wildman–Crippen LogP) is -0.838. The number of ketones is 2. The molecule has 1 heterocycles. The van der Waals surface area contributed by atoms with E-state index in [2.05, 4.69) is 5.32 Å². The van der Waals surface area contributed by atoms with Gasteiger partial charge in [0.05, 0.1) is 12.1 Å². The lowest BCUT2D eigenvalue weighted by molar-refractivity contribution is -0.140. The lowest BCUT2D eigenvalue weighted by Gasteiger charge is -2.22. The Morgan fingerprint density at radius 3 is 2.39 bits per heavy atom. The summed E-state index contributed by atoms with van der Waals surface area (Å²) >= 11 is 0. The number of nitrogens with one attached hydrogen (secondary N) is 1. The van der Waals surface area contributed by atoms with Gasteiger partial charge in [-0.15, -0.1) is 0 Å². The average molecular weight is 327 g/mol. The molecule has 1 aliphatic heterocycles. The molecule has 0 bridgehead atoms. The number of likely N-dealkylation sites (tertiary alicyclic amines) is 1. The van der Waals surface area contributed by atoms with Gasteiger partial charge in [-0.05, 0) is 12.3 Å². The minimum absolute atomic E-state index is 0.0148. The number of nitrogens with zero attached hydrogens (tertiary/aromatic N) is 1. The van der Waals surface area contributed by atoms with E-state index in [1.807, 2.05) is 0 Å². The highest BCUT2D eigenvalue weighted by Crippen LogP contribution is 2.12. The number of carboxylic acids is 1. The summed E-state index contributed by atoms with van der Waals surface area (Å²) in [7, 11) is 1.65. The van der Waals surface area contributed by atoms with Crippen LogP contribution in [0.3, 0.4) is 0 Å². The molecular formula is C15H25N3O5. The van der Waals surface area contributed by atoms with Crippen molar-refractivity contribution in [3.05, 3.63) is 0 Å². The van der Waals surface area contributed by atoms with Gasteiger partial charge in [-0.2, -0.15) is 0 Å². The van der Waals surface area contributed by atoms with Crippen molar-refractivity contribution in [3.8, 4) is 0 Å². The maximum atomic E-state index is 12.4. The fourth-order valence-electron chi connectivity index (χ4n) is 2.46. The van der Waals surface area contributed by atoms with Crippen LogP contribution < -0.4 is 11.1 Å². The first kappa shape index (κ1) is 19.2. The molecule has 1 amide bonds. The molecule has 23 heavy (non-hydrogen) atoms. The average Bonchev–Trinajstić information content (AvgIpc) is 2.79. The summed E-state index contributed by atoms with van der Waals surface area (Å²) in [6.45, 7) is 3.89. The number of aliphatic carboxylic acids is 1. The van der Waals surface area contributed by atoms with Crippen molar-refractivity contribution < 1.29 is 24.3 Å². The number of hydrogen-bond donors (Lipinski definition) is 3. The van der Waals surface area contributed by atoms with Crippen molar-refractivity contribution >= 4 is 23.4 Å². The summed E-state index contributed by atoms with van der Waals surface area (Å²) in [5, 5.41) is 11.8. The van der Waals surface area contributed by atoms with Crippen LogP contribution in [0.4, 0.5) is 0 Å². The van der Waals surface area contributed by atoms with Gasteiger partial charge in [0.1, 0.15) is 0 Å². The van der Waals surface area contributed by atoms with Crippen LogP contribution in [0.25, 0.3) is 0 Å². The van der Waals surface area contributed by atoms with Gasteiger partial charge in [0.25, 0.3) is 0 Å². The Morgan fingerprint density at radius 1 is 1.35 bits per heavy atom. The third-order valence-electron chi connectivity index (χ3n) is 4.01. The standard InChI is InChI=1S/C15H25N3O5/c1-8(2)13(16)15(23)14(22)10(4-5-12(20)21)17-9-6-11(19)18(3)7-9/h8-10,13,17H,4-7,16H2,1-3H3,(H,20,21)/t9?,10-,13-/m0/s1. The van der Waals surface area contributed by atoms with Crippen molar-refractivity contribution in [2.24, 2.45) is 11.7 Å². The molecule has 3 atom stereocenters. The first-order chi connectivity index (χ1) is 10.6. The number of rotatable bonds is 9. The molecule has 4 N–H and O–H groups in total. The van der Waals surface area contributed by atoms with Gasteiger partial charge in [0, 0.05) is 32.5 Å². The number of likely N-dealkylation sites (N-methyl/N-ethyl adjacent to an activating group) is 1. The van der Waals surface area contributed by atoms with Crippen molar-refractivity contribution in [3.63, 3.8) is 0 Å². The van der Waals surface area contributed by atoms with Gasteiger partial charge in [0.15, 0.2) is 0 Å². The summed E-state index contributed by atoms with van der Waals surface area (Å²) < 4.78 is 0. The predicted molar refractivity (Wildman–Crippen MR) is 82.7 cm³/mol. The van der Waals surface area contributed by atoms with E-state index in [0.29, 0.717) is 6.54 Å². The molecule has 0 radical (unpaired) electrons. The highest BCUT2D eigenvalue weighted by Gasteiger charge is 2.35. The molecule has 8 heteroatoms. The van der Waals surface area contributed by atoms with E-state index in [0.717, 1.165) is 0 Å². The Morgan fingerprint density at radius 2 is 1.96 bits per heavy atom. The number of carbonyl (C=O) groups excluding carboxylic acids is 3. The second-order valence-electron chi connectivity index (χ2n) is 6.33. The zero-order chi connectivity index (χ0) is 17.7. The Hall–Kier alpha value is -1.80. The van der Waals surface area contributed by atoms with E-state index in [4.69, 9.17) is 10.8 Å². The van der Waals surface area contributed by atoms with Gasteiger partial charge in [-0.25, -0.2) is 0 Å². The molecule has 1 aliphatic rings. The highest BCUT2D eigenvalue weighted by molar-refractivity contribution is 6.41. The normalized spacial score (nSPS) is 20.7. The second-order valence-corrected chi connectivity index (χ2v) is 6.33. The van der Waals surface area contributed by atoms with E-state index in [1.54, 1.807) is 20.9 Å². The molecule has 1 saturated heterocycles. The van der Waals surface area contributed by atoms with Crippen LogP contribution in [0.2, 0.25) is 0 Å². The lowest BCUT2D eigenvalue weighted by atomic mass is 9.93. The van der Waals surface area contributed by atoms with E-state index in [9.17, 15) is 19.2 Å². The Bertz CT molecular complexity index is 492. The molecule has 0 saturated carbocycles. The van der Waals surface area contributed by atoms with Gasteiger partial charge in [-0.3, -0.25) is 19.2 Å². The molecule has 130 valence electrons. The number of hydrogen-bond acceptors (Lipinski definition) is 6. The zero-order valence-corrected chi connectivity index (χ0v) is 13.7. The summed E-state index contributed by atoms with van der Waals surface area (Å²) in [6, 6.07) is -2.13.